The number of rotatable bonds is 15. The van der Waals surface area contributed by atoms with Crippen LogP contribution in [0.15, 0.2) is 109 Å². The van der Waals surface area contributed by atoms with E-state index in [0.29, 0.717) is 80.5 Å². The quantitative estimate of drug-likeness (QED) is 0.0377. The molecule has 116 heavy (non-hydrogen) atoms. The molecule has 8 N–H and O–H groups in total. The van der Waals surface area contributed by atoms with Crippen LogP contribution in [0.2, 0.25) is 30.1 Å². The second-order valence-electron chi connectivity index (χ2n) is 34.9. The molecule has 0 aromatic heterocycles. The van der Waals surface area contributed by atoms with Gasteiger partial charge in [0.2, 0.25) is 17.7 Å². The number of nitrogens with two attached hydrogens (primary N) is 1. The van der Waals surface area contributed by atoms with Crippen molar-refractivity contribution in [2.75, 3.05) is 62.6 Å². The Morgan fingerprint density at radius 2 is 0.767 bits per heavy atom. The summed E-state index contributed by atoms with van der Waals surface area (Å²) >= 11 is 37.0. The van der Waals surface area contributed by atoms with Gasteiger partial charge in [0.1, 0.15) is 23.2 Å². The highest BCUT2D eigenvalue weighted by Crippen LogP contribution is 2.81. The Morgan fingerprint density at radius 1 is 0.457 bits per heavy atom. The van der Waals surface area contributed by atoms with Gasteiger partial charge in [-0.05, 0) is 226 Å². The van der Waals surface area contributed by atoms with Crippen LogP contribution in [0.3, 0.4) is 0 Å². The number of carbonyl (C=O) groups is 6. The number of halogens is 15. The Balaban J connectivity index is 0.000000137. The van der Waals surface area contributed by atoms with Crippen molar-refractivity contribution in [3.8, 4) is 0 Å². The zero-order valence-corrected chi connectivity index (χ0v) is 67.8. The van der Waals surface area contributed by atoms with Gasteiger partial charge in [0.25, 0.3) is 0 Å². The molecule has 3 aliphatic heterocycles. The highest BCUT2D eigenvalue weighted by atomic mass is 35.5. The van der Waals surface area contributed by atoms with E-state index in [-0.39, 0.29) is 126 Å². The number of esters is 1. The number of hydrogen-bond donors (Lipinski definition) is 7. The summed E-state index contributed by atoms with van der Waals surface area (Å²) in [7, 11) is 0. The van der Waals surface area contributed by atoms with Crippen LogP contribution in [-0.2, 0) is 49.7 Å². The van der Waals surface area contributed by atoms with Gasteiger partial charge in [-0.1, -0.05) is 124 Å². The average Bonchev–Trinajstić information content (AvgIpc) is 1.50. The molecule has 14 nitrogen and oxygen atoms in total. The lowest BCUT2D eigenvalue weighted by Gasteiger charge is -2.59. The maximum Gasteiger partial charge on any atom is 0.309 e. The third-order valence-corrected chi connectivity index (χ3v) is 29.9. The number of amides is 3. The third-order valence-electron chi connectivity index (χ3n) is 28.3. The van der Waals surface area contributed by atoms with Gasteiger partial charge in [-0.15, -0.1) is 0 Å². The largest absolute Gasteiger partial charge is 0.481 e. The fourth-order valence-corrected chi connectivity index (χ4v) is 25.1. The first kappa shape index (κ1) is 85.7. The molecule has 0 saturated heterocycles. The molecular weight excluding hydrogens is 1640 g/mol. The summed E-state index contributed by atoms with van der Waals surface area (Å²) in [6.07, 6.45) is 6.78. The number of aliphatic hydroxyl groups excluding tert-OH is 2. The van der Waals surface area contributed by atoms with Gasteiger partial charge < -0.3 is 41.7 Å². The lowest BCUT2D eigenvalue weighted by molar-refractivity contribution is -0.150. The zero-order valence-electron chi connectivity index (χ0n) is 63.3. The number of carboxylic acid groups (broad SMARTS) is 1. The number of ether oxygens (including phenoxy) is 1. The van der Waals surface area contributed by atoms with Crippen molar-refractivity contribution in [1.82, 2.24) is 0 Å². The monoisotopic (exact) mass is 1730 g/mol. The van der Waals surface area contributed by atoms with Crippen molar-refractivity contribution in [3.63, 3.8) is 0 Å². The van der Waals surface area contributed by atoms with E-state index in [4.69, 9.17) is 85.2 Å². The molecule has 6 aromatic rings. The summed E-state index contributed by atoms with van der Waals surface area (Å²) in [5.41, 5.74) is -2.51. The maximum atomic E-state index is 15.9. The van der Waals surface area contributed by atoms with Crippen LogP contribution < -0.4 is 21.7 Å². The fourth-order valence-electron chi connectivity index (χ4n) is 24.0. The number of nitrogens with one attached hydrogen (secondary N) is 3. The Labute approximate surface area is 695 Å². The van der Waals surface area contributed by atoms with Crippen LogP contribution in [0.25, 0.3) is 0 Å². The number of alkyl halides is 6. The van der Waals surface area contributed by atoms with Gasteiger partial charge in [-0.3, -0.25) is 55.1 Å². The Hall–Kier alpha value is -6.67. The number of carbonyl (C=O) groups excluding carboxylic acids is 5. The van der Waals surface area contributed by atoms with Gasteiger partial charge in [0, 0.05) is 84.5 Å². The van der Waals surface area contributed by atoms with Crippen LogP contribution in [0.5, 0.6) is 0 Å². The van der Waals surface area contributed by atoms with E-state index < -0.39 is 171 Å². The van der Waals surface area contributed by atoms with Crippen molar-refractivity contribution < 1.29 is 88.3 Å². The number of aliphatic carboxylic acids is 1. The second kappa shape index (κ2) is 32.4. The molecule has 0 radical (unpaired) electrons. The number of hydrogen-bond acceptors (Lipinski definition) is 10. The molecule has 11 aliphatic rings. The second-order valence-corrected chi connectivity index (χ2v) is 37.4. The van der Waals surface area contributed by atoms with E-state index in [1.807, 2.05) is 0 Å². The summed E-state index contributed by atoms with van der Waals surface area (Å²) in [6.45, 7) is -3.64. The Morgan fingerprint density at radius 3 is 1.09 bits per heavy atom. The number of Topliss-reactive ketones (excluding diaryl/α,β-unsaturated/α-hetero) is 1. The van der Waals surface area contributed by atoms with Crippen LogP contribution >= 0.6 is 69.6 Å². The molecule has 0 unspecified atom stereocenters. The van der Waals surface area contributed by atoms with E-state index >= 15 is 13.2 Å². The molecule has 9 atom stereocenters. The normalized spacial score (nSPS) is 30.1. The lowest BCUT2D eigenvalue weighted by atomic mass is 9.43. The minimum atomic E-state index is -1.55. The highest BCUT2D eigenvalue weighted by Gasteiger charge is 2.81. The molecule has 6 aromatic carbocycles. The highest BCUT2D eigenvalue weighted by molar-refractivity contribution is 6.33. The molecule has 0 bridgehead atoms. The minimum absolute atomic E-state index is 0.00252. The molecule has 3 heterocycles. The van der Waals surface area contributed by atoms with Gasteiger partial charge >= 0.3 is 11.9 Å². The van der Waals surface area contributed by atoms with Gasteiger partial charge in [-0.2, -0.15) is 0 Å². The summed E-state index contributed by atoms with van der Waals surface area (Å²) in [5.74, 6) is -11.3. The van der Waals surface area contributed by atoms with E-state index in [1.165, 1.54) is 36.4 Å². The number of aliphatic hydroxyl groups is 2. The van der Waals surface area contributed by atoms with Crippen molar-refractivity contribution in [2.24, 2.45) is 61.9 Å². The number of benzene rings is 6. The average molecular weight is 1730 g/mol. The number of fused-ring (bicyclic) bond motifs is 9. The minimum Gasteiger partial charge on any atom is -0.481 e. The first-order valence-corrected chi connectivity index (χ1v) is 41.5. The summed E-state index contributed by atoms with van der Waals surface area (Å²) < 4.78 is 137. The SMILES string of the molecule is CCOC(=O)[C@@H]1CC2(CC(CF)(CF)C2)[C@@]2(C(=O)Nc3cc(Cl)ccc32)[C@H]1c1cccc(Cl)c1F.NC1CCC(O)CC1.O=C(CC1CCC(O)CC1)[C@@H]1CC2(CC(CF)(CF)C2)[C@@]2(C(=O)Nc3cc(Cl)ccc32)[C@H]1c1cccc(Cl)c1F.O=C(O)[C@@H]1CC2(CC(CF)(CF)C2)[C@@]2(C(=O)Nc3cc(Cl)ccc32)[C@H]1c1cccc(Cl)c1F. The number of ketones is 1. The predicted octanol–water partition coefficient (Wildman–Crippen LogP) is 19.9. The van der Waals surface area contributed by atoms with E-state index in [1.54, 1.807) is 79.7 Å². The number of anilines is 3. The van der Waals surface area contributed by atoms with Crippen LogP contribution in [-0.4, -0.2) is 116 Å². The third kappa shape index (κ3) is 13.5. The lowest BCUT2D eigenvalue weighted by Crippen LogP contribution is -2.61. The first-order valence-electron chi connectivity index (χ1n) is 39.3. The maximum absolute atomic E-state index is 15.9. The van der Waals surface area contributed by atoms with Crippen LogP contribution in [0.1, 0.15) is 174 Å². The summed E-state index contributed by atoms with van der Waals surface area (Å²) in [6, 6.07) is 28.4. The number of carboxylic acids is 1. The Kier molecular flexibility index (Phi) is 23.9. The van der Waals surface area contributed by atoms with Gasteiger partial charge in [0.15, 0.2) is 0 Å². The molecule has 29 heteroatoms. The smallest absolute Gasteiger partial charge is 0.309 e. The predicted molar refractivity (Wildman–Crippen MR) is 425 cm³/mol. The van der Waals surface area contributed by atoms with Crippen LogP contribution in [0.4, 0.5) is 56.6 Å². The van der Waals surface area contributed by atoms with Crippen LogP contribution in [0, 0.1) is 73.6 Å². The first-order chi connectivity index (χ1) is 55.2. The molecule has 8 fully saturated rings. The molecule has 17 rings (SSSR count). The standard InChI is InChI=1S/C31H32Cl2F3NO3.C26H24Cl2F3NO3.C24H20Cl2F3NO3.C6H13NO/c32-18-6-9-22-24(11-18)37-28(40)31(22)26(20-2-1-3-23(33)27(20)36)21(12-30(31)13-29(14-30,15-34)16-35)25(39)10-17-4-7-19(38)8-5-17;1-2-35-22(33)16-9-25(10-24(11-25,12-29)13-30)26(20(16)15-4-3-5-18(28)21(15)31)17-7-6-14(27)8-19(17)32-23(26)34;25-12-4-5-15-17(6-12)30-21(33)24(15)18(13-2-1-3-16(26)19(13)29)14(20(31)32)7-23(24)8-22(9-23,10-27)11-28;7-5-1-3-6(8)4-2-5/h1-3,6,9,11,17,19,21,26,38H,4-5,7-8,10,12-16H2,(H,37,40);3-8,16,20H,2,9-13H2,1H3,(H,32,34);1-6,14,18H,7-11H2,(H,30,33)(H,31,32);5-6,8H,1-4,7H2/t17?,19?,21-,26-,31+;16-,20+,26-;14-,18+,24-;/m011./s1. The zero-order chi connectivity index (χ0) is 83.4. The van der Waals surface area contributed by atoms with E-state index in [2.05, 4.69) is 16.0 Å². The van der Waals surface area contributed by atoms with Crippen molar-refractivity contribution in [3.05, 3.63) is 190 Å². The van der Waals surface area contributed by atoms with Gasteiger partial charge in [-0.25, -0.2) is 13.2 Å². The molecule has 622 valence electrons. The summed E-state index contributed by atoms with van der Waals surface area (Å²) in [5, 5.41) is 38.4. The molecule has 3 amide bonds. The van der Waals surface area contributed by atoms with E-state index in [0.717, 1.165) is 25.7 Å². The van der Waals surface area contributed by atoms with Gasteiger partial charge in [0.05, 0.1) is 102 Å². The molecular formula is C87H89Cl6F9N4O10. The molecule has 8 saturated carbocycles. The van der Waals surface area contributed by atoms with E-state index in [9.17, 15) is 65.3 Å². The Bertz CT molecular complexity index is 4830. The molecule has 6 spiro atoms. The summed E-state index contributed by atoms with van der Waals surface area (Å²) in [4.78, 5) is 82.1. The van der Waals surface area contributed by atoms with Crippen molar-refractivity contribution in [2.45, 2.75) is 175 Å². The molecule has 8 aliphatic carbocycles. The fraction of sp³-hybridized carbons (Fsp3) is 0.517. The van der Waals surface area contributed by atoms with Crippen molar-refractivity contribution >= 4 is 122 Å². The topological polar surface area (TPSA) is 234 Å². The van der Waals surface area contributed by atoms with Crippen molar-refractivity contribution in [1.29, 1.82) is 0 Å².